The second kappa shape index (κ2) is 8.39. The van der Waals surface area contributed by atoms with E-state index in [0.29, 0.717) is 14.6 Å². The van der Waals surface area contributed by atoms with Crippen molar-refractivity contribution in [3.8, 4) is 0 Å². The Balaban J connectivity index is 2.15. The molecule has 0 atom stereocenters. The fraction of sp³-hybridized carbons (Fsp3) is 0.188. The summed E-state index contributed by atoms with van der Waals surface area (Å²) in [6.45, 7) is 1.67. The third-order valence-electron chi connectivity index (χ3n) is 3.55. The van der Waals surface area contributed by atoms with Gasteiger partial charge in [0.15, 0.2) is 4.80 Å². The number of thiazole rings is 1. The standard InChI is InChI=1S/C16H11Cl2N3O5S2/c1-2-26-13(22)7-20-10-4-3-8(21(24)25)5-11(10)27-16(20)19-15(23)9-6-12(17)28-14(9)18/h3-6H,2,7H2,1H3. The van der Waals surface area contributed by atoms with Gasteiger partial charge in [0, 0.05) is 12.1 Å². The van der Waals surface area contributed by atoms with E-state index in [4.69, 9.17) is 27.9 Å². The van der Waals surface area contributed by atoms with E-state index in [1.807, 2.05) is 0 Å². The Labute approximate surface area is 175 Å². The molecular formula is C16H11Cl2N3O5S2. The van der Waals surface area contributed by atoms with Gasteiger partial charge in [-0.3, -0.25) is 19.7 Å². The summed E-state index contributed by atoms with van der Waals surface area (Å²) in [7, 11) is 0. The third-order valence-corrected chi connectivity index (χ3v) is 6.08. The van der Waals surface area contributed by atoms with Gasteiger partial charge >= 0.3 is 5.97 Å². The number of non-ortho nitro benzene ring substituents is 1. The molecule has 8 nitrogen and oxygen atoms in total. The van der Waals surface area contributed by atoms with Crippen molar-refractivity contribution in [2.24, 2.45) is 4.99 Å². The summed E-state index contributed by atoms with van der Waals surface area (Å²) in [6.07, 6.45) is 0. The van der Waals surface area contributed by atoms with Gasteiger partial charge < -0.3 is 9.30 Å². The first-order chi connectivity index (χ1) is 13.3. The quantitative estimate of drug-likeness (QED) is 0.321. The number of thiophene rings is 1. The van der Waals surface area contributed by atoms with Gasteiger partial charge in [0.2, 0.25) is 0 Å². The predicted octanol–water partition coefficient (Wildman–Crippen LogP) is 4.28. The van der Waals surface area contributed by atoms with Crippen molar-refractivity contribution in [2.45, 2.75) is 13.5 Å². The Morgan fingerprint density at radius 3 is 2.64 bits per heavy atom. The summed E-state index contributed by atoms with van der Waals surface area (Å²) in [5, 5.41) is 11.0. The van der Waals surface area contributed by atoms with Crippen LogP contribution < -0.4 is 4.80 Å². The minimum atomic E-state index is -0.633. The summed E-state index contributed by atoms with van der Waals surface area (Å²) in [6, 6.07) is 5.59. The maximum Gasteiger partial charge on any atom is 0.326 e. The molecule has 0 N–H and O–H groups in total. The number of hydrogen-bond donors (Lipinski definition) is 0. The fourth-order valence-electron chi connectivity index (χ4n) is 2.38. The van der Waals surface area contributed by atoms with Crippen LogP contribution in [0.1, 0.15) is 17.3 Å². The van der Waals surface area contributed by atoms with Crippen LogP contribution in [0.5, 0.6) is 0 Å². The number of benzene rings is 1. The lowest BCUT2D eigenvalue weighted by Crippen LogP contribution is -2.23. The fourth-order valence-corrected chi connectivity index (χ4v) is 4.89. The van der Waals surface area contributed by atoms with E-state index in [-0.39, 0.29) is 33.5 Å². The molecule has 1 aromatic carbocycles. The first-order valence-corrected chi connectivity index (χ1v) is 10.2. The molecule has 0 unspecified atom stereocenters. The zero-order chi connectivity index (χ0) is 20.4. The Hall–Kier alpha value is -2.27. The Bertz CT molecular complexity index is 1160. The molecule has 0 saturated heterocycles. The molecule has 28 heavy (non-hydrogen) atoms. The van der Waals surface area contributed by atoms with Crippen LogP contribution in [-0.4, -0.2) is 28.0 Å². The predicted molar refractivity (Wildman–Crippen MR) is 107 cm³/mol. The topological polar surface area (TPSA) is 104 Å². The zero-order valence-corrected chi connectivity index (χ0v) is 17.3. The molecule has 0 saturated carbocycles. The number of halogens is 2. The highest BCUT2D eigenvalue weighted by atomic mass is 35.5. The summed E-state index contributed by atoms with van der Waals surface area (Å²) in [5.74, 6) is -1.15. The zero-order valence-electron chi connectivity index (χ0n) is 14.2. The number of hydrogen-bond acceptors (Lipinski definition) is 7. The van der Waals surface area contributed by atoms with E-state index in [1.54, 1.807) is 6.92 Å². The van der Waals surface area contributed by atoms with E-state index in [1.165, 1.54) is 28.8 Å². The van der Waals surface area contributed by atoms with Gasteiger partial charge in [-0.25, -0.2) is 0 Å². The molecule has 3 aromatic rings. The van der Waals surface area contributed by atoms with Crippen LogP contribution in [0, 0.1) is 10.1 Å². The van der Waals surface area contributed by atoms with Gasteiger partial charge in [-0.2, -0.15) is 4.99 Å². The molecule has 1 amide bonds. The maximum absolute atomic E-state index is 12.5. The highest BCUT2D eigenvalue weighted by molar-refractivity contribution is 7.20. The van der Waals surface area contributed by atoms with Crippen molar-refractivity contribution in [2.75, 3.05) is 6.61 Å². The average Bonchev–Trinajstić information content (AvgIpc) is 3.14. The molecule has 0 aliphatic carbocycles. The highest BCUT2D eigenvalue weighted by Crippen LogP contribution is 2.31. The molecular weight excluding hydrogens is 449 g/mol. The van der Waals surface area contributed by atoms with Gasteiger partial charge in [-0.1, -0.05) is 34.5 Å². The SMILES string of the molecule is CCOC(=O)Cn1c(=NC(=O)c2cc(Cl)sc2Cl)sc2cc([N+](=O)[O-])ccc21. The van der Waals surface area contributed by atoms with Crippen molar-refractivity contribution in [1.29, 1.82) is 0 Å². The van der Waals surface area contributed by atoms with Crippen LogP contribution in [0.3, 0.4) is 0 Å². The lowest BCUT2D eigenvalue weighted by atomic mass is 10.3. The number of fused-ring (bicyclic) bond motifs is 1. The van der Waals surface area contributed by atoms with Crippen LogP contribution >= 0.6 is 45.9 Å². The third kappa shape index (κ3) is 4.25. The molecule has 0 bridgehead atoms. The number of aromatic nitrogens is 1. The molecule has 0 spiro atoms. The Morgan fingerprint density at radius 1 is 1.29 bits per heavy atom. The van der Waals surface area contributed by atoms with Crippen LogP contribution in [-0.2, 0) is 16.1 Å². The number of nitro groups is 1. The second-order valence-electron chi connectivity index (χ2n) is 5.34. The number of ether oxygens (including phenoxy) is 1. The summed E-state index contributed by atoms with van der Waals surface area (Å²) in [4.78, 5) is 39.3. The van der Waals surface area contributed by atoms with Crippen molar-refractivity contribution >= 4 is 73.7 Å². The summed E-state index contributed by atoms with van der Waals surface area (Å²) >= 11 is 14.0. The smallest absolute Gasteiger partial charge is 0.326 e. The van der Waals surface area contributed by atoms with Crippen molar-refractivity contribution in [1.82, 2.24) is 4.57 Å². The van der Waals surface area contributed by atoms with E-state index < -0.39 is 16.8 Å². The molecule has 3 rings (SSSR count). The molecule has 146 valence electrons. The van der Waals surface area contributed by atoms with Gasteiger partial charge in [-0.05, 0) is 19.1 Å². The van der Waals surface area contributed by atoms with Crippen LogP contribution in [0.15, 0.2) is 29.3 Å². The van der Waals surface area contributed by atoms with Gasteiger partial charge in [0.1, 0.15) is 10.9 Å². The van der Waals surface area contributed by atoms with Crippen LogP contribution in [0.2, 0.25) is 8.67 Å². The maximum atomic E-state index is 12.5. The number of amides is 1. The minimum Gasteiger partial charge on any atom is -0.465 e. The lowest BCUT2D eigenvalue weighted by molar-refractivity contribution is -0.384. The largest absolute Gasteiger partial charge is 0.465 e. The second-order valence-corrected chi connectivity index (χ2v) is 8.63. The van der Waals surface area contributed by atoms with E-state index in [2.05, 4.69) is 4.99 Å². The number of nitro benzene ring substituents is 1. The van der Waals surface area contributed by atoms with Gasteiger partial charge in [0.25, 0.3) is 11.6 Å². The molecule has 0 aliphatic heterocycles. The first kappa shape index (κ1) is 20.5. The first-order valence-electron chi connectivity index (χ1n) is 7.77. The van der Waals surface area contributed by atoms with Crippen LogP contribution in [0.4, 0.5) is 5.69 Å². The number of carbonyl (C=O) groups excluding carboxylic acids is 2. The summed E-state index contributed by atoms with van der Waals surface area (Å²) in [5.41, 5.74) is 0.551. The number of nitrogens with zero attached hydrogens (tertiary/aromatic N) is 3. The molecule has 2 heterocycles. The Kier molecular flexibility index (Phi) is 6.14. The molecule has 12 heteroatoms. The molecule has 2 aromatic heterocycles. The molecule has 0 fully saturated rings. The van der Waals surface area contributed by atoms with Gasteiger partial charge in [-0.15, -0.1) is 11.3 Å². The van der Waals surface area contributed by atoms with Crippen molar-refractivity contribution in [3.05, 3.63) is 53.4 Å². The lowest BCUT2D eigenvalue weighted by Gasteiger charge is -2.05. The van der Waals surface area contributed by atoms with Crippen molar-refractivity contribution in [3.63, 3.8) is 0 Å². The Morgan fingerprint density at radius 2 is 2.04 bits per heavy atom. The monoisotopic (exact) mass is 459 g/mol. The van der Waals surface area contributed by atoms with Crippen LogP contribution in [0.25, 0.3) is 10.2 Å². The summed E-state index contributed by atoms with van der Waals surface area (Å²) < 4.78 is 7.48. The van der Waals surface area contributed by atoms with E-state index in [9.17, 15) is 19.7 Å². The van der Waals surface area contributed by atoms with E-state index >= 15 is 0 Å². The molecule has 0 aliphatic rings. The number of carbonyl (C=O) groups is 2. The van der Waals surface area contributed by atoms with Crippen molar-refractivity contribution < 1.29 is 19.2 Å². The average molecular weight is 460 g/mol. The van der Waals surface area contributed by atoms with E-state index in [0.717, 1.165) is 22.7 Å². The normalized spacial score (nSPS) is 11.8. The van der Waals surface area contributed by atoms with Gasteiger partial charge in [0.05, 0.1) is 31.6 Å². The number of rotatable bonds is 5. The number of esters is 1. The highest BCUT2D eigenvalue weighted by Gasteiger charge is 2.17. The molecule has 0 radical (unpaired) electrons. The minimum absolute atomic E-state index is 0.109.